The molecule has 0 aromatic heterocycles. The van der Waals surface area contributed by atoms with Crippen LogP contribution in [0.2, 0.25) is 0 Å². The smallest absolute Gasteiger partial charge is 0.228 e. The van der Waals surface area contributed by atoms with Crippen LogP contribution in [0, 0.1) is 11.8 Å². The lowest BCUT2D eigenvalue weighted by Gasteiger charge is -2.20. The number of nitrogens with one attached hydrogen (secondary N) is 1. The zero-order valence-corrected chi connectivity index (χ0v) is 14.3. The van der Waals surface area contributed by atoms with Crippen molar-refractivity contribution in [2.24, 2.45) is 11.8 Å². The van der Waals surface area contributed by atoms with Gasteiger partial charge in [0.2, 0.25) is 11.8 Å². The molecule has 2 heterocycles. The summed E-state index contributed by atoms with van der Waals surface area (Å²) in [5.74, 6) is 1.08. The van der Waals surface area contributed by atoms with Gasteiger partial charge in [0.15, 0.2) is 11.5 Å². The first-order valence-electron chi connectivity index (χ1n) is 9.22. The van der Waals surface area contributed by atoms with Gasteiger partial charge in [-0.1, -0.05) is 12.8 Å². The minimum atomic E-state index is -0.205. The zero-order chi connectivity index (χ0) is 17.2. The second-order valence-electron chi connectivity index (χ2n) is 7.04. The highest BCUT2D eigenvalue weighted by molar-refractivity contribution is 5.99. The topological polar surface area (TPSA) is 67.9 Å². The molecule has 0 bridgehead atoms. The molecule has 1 aliphatic carbocycles. The van der Waals surface area contributed by atoms with E-state index in [4.69, 9.17) is 9.47 Å². The number of anilines is 1. The number of fused-ring (bicyclic) bond motifs is 1. The number of nitrogens with zero attached hydrogens (tertiary/aromatic N) is 1. The van der Waals surface area contributed by atoms with Crippen molar-refractivity contribution in [3.63, 3.8) is 0 Å². The van der Waals surface area contributed by atoms with Crippen LogP contribution in [0.5, 0.6) is 11.5 Å². The highest BCUT2D eigenvalue weighted by Gasteiger charge is 2.49. The largest absolute Gasteiger partial charge is 0.486 e. The lowest BCUT2D eigenvalue weighted by molar-refractivity contribution is -0.134. The number of carbonyl (C=O) groups is 2. The highest BCUT2D eigenvalue weighted by Crippen LogP contribution is 2.41. The van der Waals surface area contributed by atoms with Gasteiger partial charge in [-0.15, -0.1) is 0 Å². The van der Waals surface area contributed by atoms with Gasteiger partial charge in [-0.3, -0.25) is 9.59 Å². The van der Waals surface area contributed by atoms with E-state index < -0.39 is 0 Å². The number of ether oxygens (including phenoxy) is 2. The number of amides is 2. The van der Waals surface area contributed by atoms with Crippen LogP contribution < -0.4 is 14.8 Å². The Labute approximate surface area is 147 Å². The Kier molecular flexibility index (Phi) is 4.51. The first-order valence-corrected chi connectivity index (χ1v) is 9.22. The average Bonchev–Trinajstić information content (AvgIpc) is 3.45. The molecule has 6 heteroatoms. The fourth-order valence-corrected chi connectivity index (χ4v) is 3.64. The maximum Gasteiger partial charge on any atom is 0.228 e. The van der Waals surface area contributed by atoms with E-state index in [0.717, 1.165) is 25.9 Å². The van der Waals surface area contributed by atoms with E-state index in [2.05, 4.69) is 5.32 Å². The maximum absolute atomic E-state index is 12.6. The molecule has 2 fully saturated rings. The molecule has 1 aromatic carbocycles. The van der Waals surface area contributed by atoms with E-state index in [1.807, 2.05) is 4.90 Å². The first kappa shape index (κ1) is 16.2. The summed E-state index contributed by atoms with van der Waals surface area (Å²) in [6, 6.07) is 5.39. The molecular weight excluding hydrogens is 320 g/mol. The van der Waals surface area contributed by atoms with Crippen LogP contribution in [-0.2, 0) is 9.59 Å². The van der Waals surface area contributed by atoms with Gasteiger partial charge < -0.3 is 19.7 Å². The third-order valence-corrected chi connectivity index (χ3v) is 5.17. The van der Waals surface area contributed by atoms with Crippen molar-refractivity contribution in [2.45, 2.75) is 32.1 Å². The Bertz CT molecular complexity index is 667. The minimum Gasteiger partial charge on any atom is -0.486 e. The van der Waals surface area contributed by atoms with Crippen molar-refractivity contribution in [3.05, 3.63) is 18.2 Å². The van der Waals surface area contributed by atoms with Crippen LogP contribution >= 0.6 is 0 Å². The molecule has 25 heavy (non-hydrogen) atoms. The second kappa shape index (κ2) is 6.94. The van der Waals surface area contributed by atoms with Crippen molar-refractivity contribution in [1.29, 1.82) is 0 Å². The van der Waals surface area contributed by atoms with Gasteiger partial charge in [-0.2, -0.15) is 0 Å². The number of hydrogen-bond acceptors (Lipinski definition) is 4. The number of benzene rings is 1. The molecule has 0 radical (unpaired) electrons. The van der Waals surface area contributed by atoms with Gasteiger partial charge in [0.05, 0.1) is 11.8 Å². The summed E-state index contributed by atoms with van der Waals surface area (Å²) in [4.78, 5) is 27.0. The predicted molar refractivity (Wildman–Crippen MR) is 92.7 cm³/mol. The van der Waals surface area contributed by atoms with Crippen LogP contribution in [0.3, 0.4) is 0 Å². The number of hydrogen-bond donors (Lipinski definition) is 1. The van der Waals surface area contributed by atoms with E-state index in [0.29, 0.717) is 36.8 Å². The summed E-state index contributed by atoms with van der Waals surface area (Å²) in [6.07, 6.45) is 5.20. The SMILES string of the molecule is O=C(Nc1ccc2c(c1)OCCO2)C1CC1C(=O)N1CCCCCC1. The van der Waals surface area contributed by atoms with Crippen molar-refractivity contribution < 1.29 is 19.1 Å². The fourth-order valence-electron chi connectivity index (χ4n) is 3.64. The lowest BCUT2D eigenvalue weighted by atomic mass is 10.2. The molecule has 3 aliphatic rings. The number of carbonyl (C=O) groups excluding carboxylic acids is 2. The molecule has 2 aliphatic heterocycles. The van der Waals surface area contributed by atoms with E-state index in [-0.39, 0.29) is 23.7 Å². The second-order valence-corrected chi connectivity index (χ2v) is 7.04. The fraction of sp³-hybridized carbons (Fsp3) is 0.579. The lowest BCUT2D eigenvalue weighted by Crippen LogP contribution is -2.34. The summed E-state index contributed by atoms with van der Waals surface area (Å²) >= 11 is 0. The normalized spacial score (nSPS) is 25.0. The number of rotatable bonds is 3. The summed E-state index contributed by atoms with van der Waals surface area (Å²) in [6.45, 7) is 2.73. The Hall–Kier alpha value is -2.24. The van der Waals surface area contributed by atoms with Gasteiger partial charge in [0, 0.05) is 24.8 Å². The molecule has 1 N–H and O–H groups in total. The average molecular weight is 344 g/mol. The van der Waals surface area contributed by atoms with Crippen LogP contribution in [0.25, 0.3) is 0 Å². The van der Waals surface area contributed by atoms with E-state index in [1.54, 1.807) is 18.2 Å². The van der Waals surface area contributed by atoms with Gasteiger partial charge >= 0.3 is 0 Å². The van der Waals surface area contributed by atoms with Gasteiger partial charge in [0.1, 0.15) is 13.2 Å². The van der Waals surface area contributed by atoms with Crippen molar-refractivity contribution in [1.82, 2.24) is 4.90 Å². The first-order chi connectivity index (χ1) is 12.2. The van der Waals surface area contributed by atoms with Crippen molar-refractivity contribution in [3.8, 4) is 11.5 Å². The Morgan fingerprint density at radius 3 is 2.44 bits per heavy atom. The molecule has 6 nitrogen and oxygen atoms in total. The zero-order valence-electron chi connectivity index (χ0n) is 14.3. The molecule has 1 saturated carbocycles. The molecule has 134 valence electrons. The standard InChI is InChI=1S/C19H24N2O4/c22-18(20-13-5-6-16-17(11-13)25-10-9-24-16)14-12-15(14)19(23)21-7-3-1-2-4-8-21/h5-6,11,14-15H,1-4,7-10,12H2,(H,20,22). The summed E-state index contributed by atoms with van der Waals surface area (Å²) in [7, 11) is 0. The minimum absolute atomic E-state index is 0.0788. The molecule has 1 aromatic rings. The van der Waals surface area contributed by atoms with Gasteiger partial charge in [-0.25, -0.2) is 0 Å². The molecule has 2 amide bonds. The molecule has 2 atom stereocenters. The molecule has 1 saturated heterocycles. The molecular formula is C19H24N2O4. The van der Waals surface area contributed by atoms with Crippen LogP contribution in [0.4, 0.5) is 5.69 Å². The van der Waals surface area contributed by atoms with Gasteiger partial charge in [0.25, 0.3) is 0 Å². The monoisotopic (exact) mass is 344 g/mol. The van der Waals surface area contributed by atoms with E-state index >= 15 is 0 Å². The predicted octanol–water partition coefficient (Wildman–Crippen LogP) is 2.44. The van der Waals surface area contributed by atoms with Crippen LogP contribution in [0.1, 0.15) is 32.1 Å². The molecule has 4 rings (SSSR count). The summed E-state index contributed by atoms with van der Waals surface area (Å²) < 4.78 is 11.0. The van der Waals surface area contributed by atoms with Crippen LogP contribution in [-0.4, -0.2) is 43.0 Å². The molecule has 2 unspecified atom stereocenters. The van der Waals surface area contributed by atoms with Gasteiger partial charge in [-0.05, 0) is 31.4 Å². The molecule has 0 spiro atoms. The van der Waals surface area contributed by atoms with Crippen molar-refractivity contribution in [2.75, 3.05) is 31.6 Å². The Morgan fingerprint density at radius 2 is 1.68 bits per heavy atom. The Balaban J connectivity index is 1.34. The quantitative estimate of drug-likeness (QED) is 0.914. The van der Waals surface area contributed by atoms with Crippen LogP contribution in [0.15, 0.2) is 18.2 Å². The maximum atomic E-state index is 12.6. The third kappa shape index (κ3) is 3.57. The third-order valence-electron chi connectivity index (χ3n) is 5.17. The summed E-state index contributed by atoms with van der Waals surface area (Å²) in [5.41, 5.74) is 0.683. The summed E-state index contributed by atoms with van der Waals surface area (Å²) in [5, 5.41) is 2.91. The van der Waals surface area contributed by atoms with Crippen molar-refractivity contribution >= 4 is 17.5 Å². The van der Waals surface area contributed by atoms with E-state index in [9.17, 15) is 9.59 Å². The highest BCUT2D eigenvalue weighted by atomic mass is 16.6. The van der Waals surface area contributed by atoms with E-state index in [1.165, 1.54) is 12.8 Å². The number of likely N-dealkylation sites (tertiary alicyclic amines) is 1. The Morgan fingerprint density at radius 1 is 0.960 bits per heavy atom.